The van der Waals surface area contributed by atoms with Crippen molar-refractivity contribution in [2.45, 2.75) is 32.4 Å². The molecule has 1 aliphatic heterocycles. The lowest BCUT2D eigenvalue weighted by Crippen LogP contribution is -2.23. The van der Waals surface area contributed by atoms with Gasteiger partial charge in [0.15, 0.2) is 0 Å². The molecule has 1 saturated heterocycles. The van der Waals surface area contributed by atoms with Crippen LogP contribution < -0.4 is 5.73 Å². The average molecular weight is 191 g/mol. The standard InChI is InChI=1S/C12H17NO/c1-8-3-4-10(7-9(8)2)12-11(13)5-6-14-12/h3-4,7,11-12H,5-6,13H2,1-2H3. The largest absolute Gasteiger partial charge is 0.372 e. The lowest BCUT2D eigenvalue weighted by Gasteiger charge is -2.16. The monoisotopic (exact) mass is 191 g/mol. The topological polar surface area (TPSA) is 35.2 Å². The fourth-order valence-corrected chi connectivity index (χ4v) is 1.89. The Morgan fingerprint density at radius 2 is 2.07 bits per heavy atom. The molecule has 1 aromatic carbocycles. The first-order valence-electron chi connectivity index (χ1n) is 5.13. The van der Waals surface area contributed by atoms with Crippen molar-refractivity contribution < 1.29 is 4.74 Å². The van der Waals surface area contributed by atoms with Crippen LogP contribution >= 0.6 is 0 Å². The van der Waals surface area contributed by atoms with E-state index in [4.69, 9.17) is 10.5 Å². The first-order valence-corrected chi connectivity index (χ1v) is 5.13. The van der Waals surface area contributed by atoms with Crippen molar-refractivity contribution in [2.24, 2.45) is 5.73 Å². The van der Waals surface area contributed by atoms with Crippen LogP contribution in [0, 0.1) is 13.8 Å². The van der Waals surface area contributed by atoms with Crippen LogP contribution in [0.4, 0.5) is 0 Å². The van der Waals surface area contributed by atoms with Gasteiger partial charge < -0.3 is 10.5 Å². The van der Waals surface area contributed by atoms with Crippen LogP contribution in [0.25, 0.3) is 0 Å². The molecule has 0 radical (unpaired) electrons. The van der Waals surface area contributed by atoms with E-state index >= 15 is 0 Å². The van der Waals surface area contributed by atoms with Crippen molar-refractivity contribution in [3.8, 4) is 0 Å². The Morgan fingerprint density at radius 1 is 1.29 bits per heavy atom. The van der Waals surface area contributed by atoms with E-state index in [2.05, 4.69) is 32.0 Å². The van der Waals surface area contributed by atoms with Gasteiger partial charge in [-0.25, -0.2) is 0 Å². The maximum atomic E-state index is 5.97. The molecule has 2 nitrogen and oxygen atoms in total. The third-order valence-electron chi connectivity index (χ3n) is 3.00. The predicted molar refractivity (Wildman–Crippen MR) is 57.2 cm³/mol. The van der Waals surface area contributed by atoms with Gasteiger partial charge in [-0.3, -0.25) is 0 Å². The molecule has 2 rings (SSSR count). The predicted octanol–water partition coefficient (Wildman–Crippen LogP) is 2.09. The zero-order valence-electron chi connectivity index (χ0n) is 8.79. The average Bonchev–Trinajstić information content (AvgIpc) is 2.57. The number of ether oxygens (including phenoxy) is 1. The fourth-order valence-electron chi connectivity index (χ4n) is 1.89. The van der Waals surface area contributed by atoms with Crippen molar-refractivity contribution in [3.05, 3.63) is 34.9 Å². The second kappa shape index (κ2) is 3.71. The number of hydrogen-bond donors (Lipinski definition) is 1. The van der Waals surface area contributed by atoms with Crippen LogP contribution in [-0.4, -0.2) is 12.6 Å². The molecule has 0 aromatic heterocycles. The maximum Gasteiger partial charge on any atom is 0.0976 e. The molecule has 0 spiro atoms. The lowest BCUT2D eigenvalue weighted by molar-refractivity contribution is 0.105. The Hall–Kier alpha value is -0.860. The minimum atomic E-state index is 0.106. The zero-order valence-corrected chi connectivity index (χ0v) is 8.79. The molecule has 2 unspecified atom stereocenters. The molecule has 1 heterocycles. The van der Waals surface area contributed by atoms with Gasteiger partial charge in [-0.2, -0.15) is 0 Å². The highest BCUT2D eigenvalue weighted by Crippen LogP contribution is 2.28. The third-order valence-corrected chi connectivity index (χ3v) is 3.00. The van der Waals surface area contributed by atoms with Crippen LogP contribution in [0.1, 0.15) is 29.2 Å². The first kappa shape index (κ1) is 9.69. The van der Waals surface area contributed by atoms with Gasteiger partial charge in [0.05, 0.1) is 6.10 Å². The van der Waals surface area contributed by atoms with Crippen LogP contribution in [-0.2, 0) is 4.74 Å². The van der Waals surface area contributed by atoms with Crippen molar-refractivity contribution in [2.75, 3.05) is 6.61 Å². The van der Waals surface area contributed by atoms with E-state index < -0.39 is 0 Å². The molecule has 2 N–H and O–H groups in total. The minimum Gasteiger partial charge on any atom is -0.372 e. The van der Waals surface area contributed by atoms with Crippen LogP contribution in [0.15, 0.2) is 18.2 Å². The first-order chi connectivity index (χ1) is 6.68. The molecule has 0 bridgehead atoms. The van der Waals surface area contributed by atoms with E-state index in [-0.39, 0.29) is 12.1 Å². The quantitative estimate of drug-likeness (QED) is 0.737. The molecule has 0 aliphatic carbocycles. The summed E-state index contributed by atoms with van der Waals surface area (Å²) >= 11 is 0. The van der Waals surface area contributed by atoms with E-state index in [0.717, 1.165) is 13.0 Å². The summed E-state index contributed by atoms with van der Waals surface area (Å²) in [4.78, 5) is 0. The van der Waals surface area contributed by atoms with Crippen molar-refractivity contribution >= 4 is 0 Å². The summed E-state index contributed by atoms with van der Waals surface area (Å²) in [5, 5.41) is 0. The van der Waals surface area contributed by atoms with Gasteiger partial charge in [-0.1, -0.05) is 18.2 Å². The van der Waals surface area contributed by atoms with Crippen molar-refractivity contribution in [3.63, 3.8) is 0 Å². The number of aryl methyl sites for hydroxylation is 2. The Morgan fingerprint density at radius 3 is 2.64 bits per heavy atom. The summed E-state index contributed by atoms with van der Waals surface area (Å²) in [6.45, 7) is 5.03. The van der Waals surface area contributed by atoms with E-state index in [1.54, 1.807) is 0 Å². The van der Waals surface area contributed by atoms with Gasteiger partial charge in [0.1, 0.15) is 0 Å². The van der Waals surface area contributed by atoms with Gasteiger partial charge in [-0.05, 0) is 37.0 Å². The van der Waals surface area contributed by atoms with Gasteiger partial charge in [0, 0.05) is 12.6 Å². The number of benzene rings is 1. The molecular weight excluding hydrogens is 174 g/mol. The third kappa shape index (κ3) is 1.68. The maximum absolute atomic E-state index is 5.97. The molecule has 1 aliphatic rings. The highest BCUT2D eigenvalue weighted by atomic mass is 16.5. The number of hydrogen-bond acceptors (Lipinski definition) is 2. The molecule has 76 valence electrons. The van der Waals surface area contributed by atoms with E-state index in [1.165, 1.54) is 16.7 Å². The normalized spacial score (nSPS) is 26.8. The molecular formula is C12H17NO. The van der Waals surface area contributed by atoms with E-state index in [1.807, 2.05) is 0 Å². The molecule has 1 fully saturated rings. The molecule has 14 heavy (non-hydrogen) atoms. The summed E-state index contributed by atoms with van der Waals surface area (Å²) in [5.74, 6) is 0. The molecule has 1 aromatic rings. The molecule has 0 saturated carbocycles. The van der Waals surface area contributed by atoms with Crippen LogP contribution in [0.3, 0.4) is 0 Å². The summed E-state index contributed by atoms with van der Waals surface area (Å²) < 4.78 is 5.62. The summed E-state index contributed by atoms with van der Waals surface area (Å²) in [6, 6.07) is 6.61. The Kier molecular flexibility index (Phi) is 2.57. The van der Waals surface area contributed by atoms with Gasteiger partial charge in [0.2, 0.25) is 0 Å². The summed E-state index contributed by atoms with van der Waals surface area (Å²) in [6.07, 6.45) is 1.08. The smallest absolute Gasteiger partial charge is 0.0976 e. The van der Waals surface area contributed by atoms with Gasteiger partial charge in [-0.15, -0.1) is 0 Å². The highest BCUT2D eigenvalue weighted by Gasteiger charge is 2.26. The van der Waals surface area contributed by atoms with Gasteiger partial charge >= 0.3 is 0 Å². The number of nitrogens with two attached hydrogens (primary N) is 1. The van der Waals surface area contributed by atoms with Crippen LogP contribution in [0.2, 0.25) is 0 Å². The molecule has 0 amide bonds. The molecule has 2 heteroatoms. The summed E-state index contributed by atoms with van der Waals surface area (Å²) in [7, 11) is 0. The van der Waals surface area contributed by atoms with Crippen LogP contribution in [0.5, 0.6) is 0 Å². The Balaban J connectivity index is 2.28. The highest BCUT2D eigenvalue weighted by molar-refractivity contribution is 5.32. The lowest BCUT2D eigenvalue weighted by atomic mass is 9.99. The van der Waals surface area contributed by atoms with Crippen molar-refractivity contribution in [1.29, 1.82) is 0 Å². The second-order valence-corrected chi connectivity index (χ2v) is 4.09. The minimum absolute atomic E-state index is 0.106. The second-order valence-electron chi connectivity index (χ2n) is 4.09. The SMILES string of the molecule is Cc1ccc(C2OCCC2N)cc1C. The Bertz CT molecular complexity index is 335. The van der Waals surface area contributed by atoms with Crippen molar-refractivity contribution in [1.82, 2.24) is 0 Å². The Labute approximate surface area is 85.1 Å². The van der Waals surface area contributed by atoms with E-state index in [9.17, 15) is 0 Å². The van der Waals surface area contributed by atoms with E-state index in [0.29, 0.717) is 0 Å². The number of rotatable bonds is 1. The van der Waals surface area contributed by atoms with Gasteiger partial charge in [0.25, 0.3) is 0 Å². The summed E-state index contributed by atoms with van der Waals surface area (Å²) in [5.41, 5.74) is 9.82. The fraction of sp³-hybridized carbons (Fsp3) is 0.500. The zero-order chi connectivity index (χ0) is 10.1. The molecule has 2 atom stereocenters.